The monoisotopic (exact) mass is 301 g/mol. The molecule has 0 saturated heterocycles. The molecule has 0 fully saturated rings. The van der Waals surface area contributed by atoms with Crippen molar-refractivity contribution in [3.8, 4) is 0 Å². The number of carbonyl (C=O) groups excluding carboxylic acids is 1. The van der Waals surface area contributed by atoms with Gasteiger partial charge in [0.1, 0.15) is 11.7 Å². The number of hydrogen-bond acceptors (Lipinski definition) is 4. The summed E-state index contributed by atoms with van der Waals surface area (Å²) in [6.45, 7) is 4.97. The van der Waals surface area contributed by atoms with Crippen LogP contribution in [0.15, 0.2) is 23.1 Å². The van der Waals surface area contributed by atoms with Crippen molar-refractivity contribution in [1.29, 1.82) is 0 Å². The normalized spacial score (nSPS) is 13.2. The molecule has 1 amide bonds. The number of carbonyl (C=O) groups is 1. The molecule has 0 aliphatic heterocycles. The first kappa shape index (κ1) is 16.2. The second kappa shape index (κ2) is 6.08. The van der Waals surface area contributed by atoms with Gasteiger partial charge in [-0.25, -0.2) is 8.42 Å². The van der Waals surface area contributed by atoms with Crippen molar-refractivity contribution in [2.24, 2.45) is 11.7 Å². The summed E-state index contributed by atoms with van der Waals surface area (Å²) in [4.78, 5) is 23.7. The van der Waals surface area contributed by atoms with Crippen LogP contribution < -0.4 is 16.0 Å². The molecule has 0 spiro atoms. The number of primary amides is 1. The smallest absolute Gasteiger partial charge is 0.275 e. The molecule has 3 N–H and O–H groups in total. The van der Waals surface area contributed by atoms with Gasteiger partial charge in [-0.2, -0.15) is 0 Å². The third kappa shape index (κ3) is 3.60. The highest BCUT2D eigenvalue weighted by Gasteiger charge is 2.23. The zero-order valence-electron chi connectivity index (χ0n) is 11.7. The first-order valence-corrected chi connectivity index (χ1v) is 7.85. The minimum Gasteiger partial charge on any atom is -0.368 e. The number of sulfonamides is 1. The van der Waals surface area contributed by atoms with Crippen LogP contribution in [-0.4, -0.2) is 24.6 Å². The Labute approximate surface area is 117 Å². The van der Waals surface area contributed by atoms with Crippen LogP contribution >= 0.6 is 0 Å². The van der Waals surface area contributed by atoms with E-state index in [4.69, 9.17) is 5.73 Å². The summed E-state index contributed by atoms with van der Waals surface area (Å²) in [5.41, 5.74) is 4.61. The Kier molecular flexibility index (Phi) is 4.93. The minimum atomic E-state index is -3.56. The van der Waals surface area contributed by atoms with Crippen LogP contribution in [0.25, 0.3) is 0 Å². The summed E-state index contributed by atoms with van der Waals surface area (Å²) in [6, 6.07) is 2.02. The van der Waals surface area contributed by atoms with Crippen molar-refractivity contribution in [2.45, 2.75) is 26.8 Å². The molecule has 1 rings (SSSR count). The number of nitrogens with two attached hydrogens (primary N) is 1. The molecule has 0 aliphatic rings. The number of nitrogens with one attached hydrogen (secondary N) is 1. The molecule has 0 aliphatic carbocycles. The van der Waals surface area contributed by atoms with Crippen molar-refractivity contribution in [3.05, 3.63) is 28.7 Å². The molecule has 7 nitrogen and oxygen atoms in total. The van der Waals surface area contributed by atoms with Crippen LogP contribution in [0.4, 0.5) is 5.69 Å². The average molecular weight is 301 g/mol. The van der Waals surface area contributed by atoms with Crippen LogP contribution in [0.2, 0.25) is 0 Å². The van der Waals surface area contributed by atoms with E-state index >= 15 is 0 Å². The van der Waals surface area contributed by atoms with Crippen molar-refractivity contribution < 1.29 is 13.2 Å². The van der Waals surface area contributed by atoms with E-state index < -0.39 is 27.5 Å². The number of anilines is 1. The molecule has 1 unspecified atom stereocenters. The summed E-state index contributed by atoms with van der Waals surface area (Å²) >= 11 is 0. The molecule has 1 atom stereocenters. The largest absolute Gasteiger partial charge is 0.368 e. The van der Waals surface area contributed by atoms with Gasteiger partial charge >= 0.3 is 0 Å². The highest BCUT2D eigenvalue weighted by molar-refractivity contribution is 7.92. The molecule has 0 bridgehead atoms. The molecule has 8 heteroatoms. The molecule has 1 aromatic rings. The molecular weight excluding hydrogens is 282 g/mol. The number of amides is 1. The number of rotatable bonds is 6. The van der Waals surface area contributed by atoms with Crippen LogP contribution in [0.5, 0.6) is 0 Å². The Morgan fingerprint density at radius 3 is 2.50 bits per heavy atom. The van der Waals surface area contributed by atoms with Crippen molar-refractivity contribution in [3.63, 3.8) is 0 Å². The maximum Gasteiger partial charge on any atom is 0.275 e. The molecule has 20 heavy (non-hydrogen) atoms. The Hall–Kier alpha value is -1.83. The van der Waals surface area contributed by atoms with E-state index in [0.717, 1.165) is 4.57 Å². The van der Waals surface area contributed by atoms with E-state index in [9.17, 15) is 18.0 Å². The molecule has 0 radical (unpaired) electrons. The molecule has 0 saturated carbocycles. The minimum absolute atomic E-state index is 0.0961. The Morgan fingerprint density at radius 2 is 2.05 bits per heavy atom. The van der Waals surface area contributed by atoms with E-state index in [-0.39, 0.29) is 17.4 Å². The average Bonchev–Trinajstić information content (AvgIpc) is 2.33. The number of aromatic nitrogens is 1. The van der Waals surface area contributed by atoms with Crippen LogP contribution in [-0.2, 0) is 14.8 Å². The first-order valence-electron chi connectivity index (χ1n) is 6.20. The van der Waals surface area contributed by atoms with Gasteiger partial charge in [0, 0.05) is 6.20 Å². The SMILES string of the molecule is CCS(=O)(=O)Nc1cccn(C(C(N)=O)C(C)C)c1=O. The second-order valence-electron chi connectivity index (χ2n) is 4.73. The number of hydrogen-bond donors (Lipinski definition) is 2. The number of nitrogens with zero attached hydrogens (tertiary/aromatic N) is 1. The Bertz CT molecular complexity index is 649. The second-order valence-corrected chi connectivity index (χ2v) is 6.74. The van der Waals surface area contributed by atoms with Gasteiger partial charge in [0.15, 0.2) is 0 Å². The van der Waals surface area contributed by atoms with E-state index in [1.807, 2.05) is 0 Å². The van der Waals surface area contributed by atoms with E-state index in [1.165, 1.54) is 25.3 Å². The Balaban J connectivity index is 3.33. The lowest BCUT2D eigenvalue weighted by atomic mass is 10.0. The predicted octanol–water partition coefficient (Wildman–Crippen LogP) is 0.292. The summed E-state index contributed by atoms with van der Waals surface area (Å²) in [7, 11) is -3.56. The zero-order chi connectivity index (χ0) is 15.5. The molecule has 0 aromatic carbocycles. The summed E-state index contributed by atoms with van der Waals surface area (Å²) < 4.78 is 26.4. The third-order valence-electron chi connectivity index (χ3n) is 2.84. The summed E-state index contributed by atoms with van der Waals surface area (Å²) in [6.07, 6.45) is 1.42. The first-order chi connectivity index (χ1) is 9.19. The quantitative estimate of drug-likeness (QED) is 0.786. The van der Waals surface area contributed by atoms with Gasteiger partial charge in [0.05, 0.1) is 5.75 Å². The van der Waals surface area contributed by atoms with Crippen molar-refractivity contribution >= 4 is 21.6 Å². The van der Waals surface area contributed by atoms with Crippen molar-refractivity contribution in [2.75, 3.05) is 10.5 Å². The maximum atomic E-state index is 12.2. The van der Waals surface area contributed by atoms with Gasteiger partial charge < -0.3 is 10.3 Å². The third-order valence-corrected chi connectivity index (χ3v) is 4.13. The fraction of sp³-hybridized carbons (Fsp3) is 0.500. The van der Waals surface area contributed by atoms with Crippen LogP contribution in [0.1, 0.15) is 26.8 Å². The van der Waals surface area contributed by atoms with Gasteiger partial charge in [-0.1, -0.05) is 13.8 Å². The fourth-order valence-electron chi connectivity index (χ4n) is 1.83. The highest BCUT2D eigenvalue weighted by atomic mass is 32.2. The van der Waals surface area contributed by atoms with Gasteiger partial charge in [-0.3, -0.25) is 14.3 Å². The Morgan fingerprint density at radius 1 is 1.45 bits per heavy atom. The maximum absolute atomic E-state index is 12.2. The van der Waals surface area contributed by atoms with Crippen LogP contribution in [0.3, 0.4) is 0 Å². The van der Waals surface area contributed by atoms with Gasteiger partial charge in [-0.05, 0) is 25.0 Å². The topological polar surface area (TPSA) is 111 Å². The lowest BCUT2D eigenvalue weighted by Crippen LogP contribution is -2.37. The molecule has 1 heterocycles. The van der Waals surface area contributed by atoms with Crippen molar-refractivity contribution in [1.82, 2.24) is 4.57 Å². The molecule has 1 aromatic heterocycles. The van der Waals surface area contributed by atoms with E-state index in [0.29, 0.717) is 0 Å². The van der Waals surface area contributed by atoms with E-state index in [1.54, 1.807) is 13.8 Å². The molecular formula is C12H19N3O4S. The summed E-state index contributed by atoms with van der Waals surface area (Å²) in [5.74, 6) is -0.981. The van der Waals surface area contributed by atoms with Gasteiger partial charge in [-0.15, -0.1) is 0 Å². The lowest BCUT2D eigenvalue weighted by Gasteiger charge is -2.20. The standard InChI is InChI=1S/C12H19N3O4S/c1-4-20(18,19)14-9-6-5-7-15(12(9)17)10(8(2)3)11(13)16/h5-8,10,14H,4H2,1-3H3,(H2,13,16). The van der Waals surface area contributed by atoms with Crippen LogP contribution in [0, 0.1) is 5.92 Å². The van der Waals surface area contributed by atoms with Gasteiger partial charge in [0.25, 0.3) is 5.56 Å². The zero-order valence-corrected chi connectivity index (χ0v) is 12.5. The fourth-order valence-corrected chi connectivity index (χ4v) is 2.47. The number of pyridine rings is 1. The van der Waals surface area contributed by atoms with E-state index in [2.05, 4.69) is 4.72 Å². The summed E-state index contributed by atoms with van der Waals surface area (Å²) in [5, 5.41) is 0. The lowest BCUT2D eigenvalue weighted by molar-refractivity contribution is -0.122. The highest BCUT2D eigenvalue weighted by Crippen LogP contribution is 2.16. The molecule has 112 valence electrons. The predicted molar refractivity (Wildman–Crippen MR) is 76.9 cm³/mol. The van der Waals surface area contributed by atoms with Gasteiger partial charge in [0.2, 0.25) is 15.9 Å².